The summed E-state index contributed by atoms with van der Waals surface area (Å²) in [4.78, 5) is 0. The molecule has 10 heteroatoms. The minimum atomic E-state index is -1.67. The van der Waals surface area contributed by atoms with Gasteiger partial charge in [-0.2, -0.15) is 0 Å². The molecule has 0 nitrogen and oxygen atoms in total. The molecule has 198 valence electrons. The van der Waals surface area contributed by atoms with Crippen molar-refractivity contribution in [1.82, 2.24) is 0 Å². The van der Waals surface area contributed by atoms with E-state index in [1.54, 1.807) is 13.8 Å². The predicted octanol–water partition coefficient (Wildman–Crippen LogP) is 8.04. The summed E-state index contributed by atoms with van der Waals surface area (Å²) < 4.78 is 112. The van der Waals surface area contributed by atoms with Gasteiger partial charge in [-0.15, -0.1) is 12.1 Å². The van der Waals surface area contributed by atoms with Crippen molar-refractivity contribution >= 4 is 0 Å². The van der Waals surface area contributed by atoms with Crippen molar-refractivity contribution in [2.75, 3.05) is 0 Å². The number of hydrogen-bond donors (Lipinski definition) is 0. The van der Waals surface area contributed by atoms with Crippen LogP contribution in [0, 0.1) is 58.7 Å². The summed E-state index contributed by atoms with van der Waals surface area (Å²) in [5.74, 6) is -13.1. The Morgan fingerprint density at radius 2 is 0.811 bits per heavy atom. The van der Waals surface area contributed by atoms with Gasteiger partial charge in [-0.3, -0.25) is 17.6 Å². The number of benzene rings is 4. The van der Waals surface area contributed by atoms with Crippen molar-refractivity contribution in [1.29, 1.82) is 0 Å². The second-order valence-electron chi connectivity index (χ2n) is 8.66. The van der Waals surface area contributed by atoms with Crippen LogP contribution in [0.1, 0.15) is 25.0 Å². The third-order valence-corrected chi connectivity index (χ3v) is 6.34. The van der Waals surface area contributed by atoms with Gasteiger partial charge in [0.05, 0.1) is 23.3 Å². The molecular weight excluding hydrogens is 692 g/mol. The normalized spacial score (nSPS) is 12.9. The first-order valence-electron chi connectivity index (χ1n) is 10.2. The molecule has 0 radical (unpaired) electrons. The van der Waals surface area contributed by atoms with Gasteiger partial charge in [0.15, 0.2) is 0 Å². The summed E-state index contributed by atoms with van der Waals surface area (Å²) in [7, 11) is 0. The first kappa shape index (κ1) is 29.4. The van der Waals surface area contributed by atoms with Crippen molar-refractivity contribution in [3.63, 3.8) is 0 Å². The summed E-state index contributed by atoms with van der Waals surface area (Å²) in [6.45, 7) is 3.43. The molecule has 0 amide bonds. The number of halogens is 8. The van der Waals surface area contributed by atoms with Crippen LogP contribution in [-0.2, 0) is 50.2 Å². The molecule has 0 saturated heterocycles. The number of fused-ring (bicyclic) bond motifs is 3. The molecule has 4 aromatic rings. The second kappa shape index (κ2) is 10.2. The van der Waals surface area contributed by atoms with Crippen LogP contribution in [0.3, 0.4) is 0 Å². The molecule has 0 unspecified atom stereocenters. The van der Waals surface area contributed by atoms with Crippen LogP contribution in [-0.4, -0.2) is 0 Å². The monoisotopic (exact) mass is 702 g/mol. The zero-order chi connectivity index (χ0) is 25.4. The Morgan fingerprint density at radius 3 is 1.11 bits per heavy atom. The molecule has 0 N–H and O–H groups in total. The van der Waals surface area contributed by atoms with E-state index < -0.39 is 63.1 Å². The van der Waals surface area contributed by atoms with Gasteiger partial charge in [0.25, 0.3) is 0 Å². The second-order valence-corrected chi connectivity index (χ2v) is 8.66. The van der Waals surface area contributed by atoms with Crippen molar-refractivity contribution in [3.8, 4) is 33.4 Å². The Labute approximate surface area is 237 Å². The minimum Gasteiger partial charge on any atom is -0.281 e. The van der Waals surface area contributed by atoms with Crippen LogP contribution in [0.4, 0.5) is 35.1 Å². The zero-order valence-electron chi connectivity index (χ0n) is 18.6. The van der Waals surface area contributed by atoms with Gasteiger partial charge < -0.3 is 0 Å². The first-order chi connectivity index (χ1) is 16.4. The van der Waals surface area contributed by atoms with E-state index >= 15 is 0 Å². The Hall–Kier alpha value is -2.20. The van der Waals surface area contributed by atoms with E-state index in [9.17, 15) is 35.1 Å². The Morgan fingerprint density at radius 1 is 0.514 bits per heavy atom. The van der Waals surface area contributed by atoms with Gasteiger partial charge in [0.1, 0.15) is 0 Å². The summed E-state index contributed by atoms with van der Waals surface area (Å²) in [6, 6.07) is 11.0. The van der Waals surface area contributed by atoms with E-state index in [1.165, 1.54) is 48.5 Å². The maximum absolute atomic E-state index is 14.4. The molecule has 1 aliphatic carbocycles. The van der Waals surface area contributed by atoms with E-state index in [-0.39, 0.29) is 55.9 Å². The Balaban J connectivity index is 0.00000190. The number of hydrogen-bond acceptors (Lipinski definition) is 0. The molecule has 4 aromatic carbocycles. The van der Waals surface area contributed by atoms with Crippen molar-refractivity contribution in [3.05, 3.63) is 106 Å². The van der Waals surface area contributed by atoms with Crippen molar-refractivity contribution in [2.45, 2.75) is 19.3 Å². The minimum absolute atomic E-state index is 0. The molecule has 0 saturated carbocycles. The largest absolute Gasteiger partial charge is 1.00 e. The third-order valence-electron chi connectivity index (χ3n) is 6.34. The van der Waals surface area contributed by atoms with Crippen LogP contribution in [0.2, 0.25) is 0 Å². The van der Waals surface area contributed by atoms with Crippen molar-refractivity contribution < 1.29 is 79.9 Å². The molecule has 0 fully saturated rings. The summed E-state index contributed by atoms with van der Waals surface area (Å²) >= 11 is 0. The average Bonchev–Trinajstić information content (AvgIpc) is 3.03. The van der Waals surface area contributed by atoms with Gasteiger partial charge >= 0.3 is 44.8 Å². The fourth-order valence-electron chi connectivity index (χ4n) is 4.60. The maximum Gasteiger partial charge on any atom is 1.00 e. The zero-order valence-corrected chi connectivity index (χ0v) is 21.6. The molecule has 5 rings (SSSR count). The fourth-order valence-corrected chi connectivity index (χ4v) is 4.60. The van der Waals surface area contributed by atoms with E-state index in [0.717, 1.165) is 0 Å². The van der Waals surface area contributed by atoms with Crippen LogP contribution in [0.5, 0.6) is 0 Å². The van der Waals surface area contributed by atoms with Crippen LogP contribution >= 0.6 is 0 Å². The smallest absolute Gasteiger partial charge is 0.281 e. The quantitative estimate of drug-likeness (QED) is 0.0859. The van der Waals surface area contributed by atoms with E-state index in [0.29, 0.717) is 22.3 Å². The van der Waals surface area contributed by atoms with Gasteiger partial charge in [-0.1, -0.05) is 61.4 Å². The SMILES string of the molecule is CC1(C)c2cc(-c3c(F)c(F)[c-]c(F)c3F)ccc2-c2ccc(-c3c(F)c(F)[c-]c(F)c3F)cc21.[Ag+].[Ag+]. The topological polar surface area (TPSA) is 0 Å². The van der Waals surface area contributed by atoms with E-state index in [4.69, 9.17) is 0 Å². The predicted molar refractivity (Wildman–Crippen MR) is 112 cm³/mol. The standard InChI is InChI=1S/C27H12F8.2Ag/c1-27(2)15-7-11(21-23(32)17(28)9-18(29)24(21)33)3-5-13(15)14-6-4-12(8-16(14)27)22-25(34)19(30)10-20(31)26(22)35;;/h3-8H,1-2H3;;/q-2;2*+1. The average molecular weight is 704 g/mol. The molecule has 37 heavy (non-hydrogen) atoms. The van der Waals surface area contributed by atoms with Crippen molar-refractivity contribution in [2.24, 2.45) is 0 Å². The third kappa shape index (κ3) is 4.43. The molecule has 1 aliphatic rings. The molecule has 0 aliphatic heterocycles. The van der Waals surface area contributed by atoms with Gasteiger partial charge in [0, 0.05) is 28.7 Å². The van der Waals surface area contributed by atoms with E-state index in [2.05, 4.69) is 0 Å². The fraction of sp³-hybridized carbons (Fsp3) is 0.111. The van der Waals surface area contributed by atoms with Crippen LogP contribution in [0.15, 0.2) is 36.4 Å². The van der Waals surface area contributed by atoms with Gasteiger partial charge in [0.2, 0.25) is 0 Å². The van der Waals surface area contributed by atoms with Gasteiger partial charge in [-0.25, -0.2) is 17.6 Å². The maximum atomic E-state index is 14.4. The molecule has 0 atom stereocenters. The van der Waals surface area contributed by atoms with Crippen LogP contribution < -0.4 is 0 Å². The van der Waals surface area contributed by atoms with E-state index in [1.807, 2.05) is 0 Å². The molecule has 0 heterocycles. The first-order valence-corrected chi connectivity index (χ1v) is 10.2. The summed E-state index contributed by atoms with van der Waals surface area (Å²) in [5.41, 5.74) is -0.767. The van der Waals surface area contributed by atoms with Gasteiger partial charge in [-0.05, 0) is 33.4 Å². The number of rotatable bonds is 2. The van der Waals surface area contributed by atoms with Crippen LogP contribution in [0.25, 0.3) is 33.4 Å². The molecule has 0 spiro atoms. The summed E-state index contributed by atoms with van der Waals surface area (Å²) in [5, 5.41) is 0. The molecular formula is C27H12Ag2F8. The molecule has 0 aromatic heterocycles. The Kier molecular flexibility index (Phi) is 8.07. The Bertz CT molecular complexity index is 1400. The summed E-state index contributed by atoms with van der Waals surface area (Å²) in [6.07, 6.45) is 0. The molecule has 0 bridgehead atoms.